The number of carbonyl (C=O) groups is 1. The number of piperidine rings is 3. The van der Waals surface area contributed by atoms with Crippen LogP contribution >= 0.6 is 11.3 Å². The minimum Gasteiger partial charge on any atom is -0.346 e. The van der Waals surface area contributed by atoms with Gasteiger partial charge in [-0.25, -0.2) is 4.68 Å². The molecule has 1 aliphatic carbocycles. The second-order valence-electron chi connectivity index (χ2n) is 8.06. The van der Waals surface area contributed by atoms with Crippen LogP contribution in [0.2, 0.25) is 0 Å². The summed E-state index contributed by atoms with van der Waals surface area (Å²) in [5, 5.41) is 12.4. The molecular weight excluding hydrogens is 358 g/mol. The van der Waals surface area contributed by atoms with Crippen LogP contribution in [0.1, 0.15) is 35.4 Å². The summed E-state index contributed by atoms with van der Waals surface area (Å²) in [6.45, 7) is 2.43. The van der Waals surface area contributed by atoms with Crippen molar-refractivity contribution >= 4 is 27.3 Å². The summed E-state index contributed by atoms with van der Waals surface area (Å²) in [6.07, 6.45) is 8.41. The lowest BCUT2D eigenvalue weighted by molar-refractivity contribution is -0.00138. The molecule has 3 aliphatic heterocycles. The van der Waals surface area contributed by atoms with E-state index in [0.29, 0.717) is 12.0 Å². The monoisotopic (exact) mass is 379 g/mol. The summed E-state index contributed by atoms with van der Waals surface area (Å²) in [5.74, 6) is 0.735. The van der Waals surface area contributed by atoms with Crippen molar-refractivity contribution in [2.24, 2.45) is 5.92 Å². The molecule has 1 N–H and O–H groups in total. The Kier molecular flexibility index (Phi) is 3.29. The number of thiophene rings is 1. The molecule has 4 aliphatic rings. The molecule has 1 spiro atoms. The first-order chi connectivity index (χ1) is 13.2. The second-order valence-corrected chi connectivity index (χ2v) is 9.14. The molecule has 1 atom stereocenters. The first-order valence-corrected chi connectivity index (χ1v) is 10.5. The lowest BCUT2D eigenvalue weighted by Gasteiger charge is -2.52. The van der Waals surface area contributed by atoms with Gasteiger partial charge in [0.15, 0.2) is 0 Å². The van der Waals surface area contributed by atoms with Gasteiger partial charge in [-0.2, -0.15) is 0 Å². The zero-order valence-electron chi connectivity index (χ0n) is 15.0. The lowest BCUT2D eigenvalue weighted by Crippen LogP contribution is -2.65. The highest BCUT2D eigenvalue weighted by Crippen LogP contribution is 2.53. The molecule has 6 nitrogen and oxygen atoms in total. The minimum atomic E-state index is 0.0866. The Morgan fingerprint density at radius 1 is 1.22 bits per heavy atom. The number of nitrogens with zero attached hydrogens (tertiary/aromatic N) is 4. The van der Waals surface area contributed by atoms with Crippen molar-refractivity contribution < 1.29 is 4.79 Å². The van der Waals surface area contributed by atoms with Gasteiger partial charge in [-0.05, 0) is 68.3 Å². The van der Waals surface area contributed by atoms with E-state index in [9.17, 15) is 4.79 Å². The van der Waals surface area contributed by atoms with Gasteiger partial charge >= 0.3 is 0 Å². The Bertz CT molecular complexity index is 1010. The van der Waals surface area contributed by atoms with Crippen LogP contribution in [0.3, 0.4) is 0 Å². The number of nitrogens with one attached hydrogen (secondary N) is 1. The maximum absolute atomic E-state index is 13.0. The Balaban J connectivity index is 1.28. The summed E-state index contributed by atoms with van der Waals surface area (Å²) in [5.41, 5.74) is 1.23. The van der Waals surface area contributed by atoms with Crippen LogP contribution in [-0.2, 0) is 0 Å². The van der Waals surface area contributed by atoms with Crippen molar-refractivity contribution in [1.29, 1.82) is 0 Å². The third-order valence-electron chi connectivity index (χ3n) is 6.68. The van der Waals surface area contributed by atoms with Crippen LogP contribution in [0.4, 0.5) is 0 Å². The van der Waals surface area contributed by atoms with Gasteiger partial charge in [-0.3, -0.25) is 9.69 Å². The molecule has 0 radical (unpaired) electrons. The molecule has 4 fully saturated rings. The van der Waals surface area contributed by atoms with Gasteiger partial charge in [0.05, 0.1) is 29.0 Å². The van der Waals surface area contributed by atoms with Crippen molar-refractivity contribution in [1.82, 2.24) is 25.2 Å². The SMILES string of the molecule is O=C(N[C@@H]1C2CCN(CC2)C12CC2)c1cc2ccc(-n3ccnn3)cc2s1. The number of hydrogen-bond donors (Lipinski definition) is 1. The van der Waals surface area contributed by atoms with Crippen molar-refractivity contribution in [2.75, 3.05) is 13.1 Å². The van der Waals surface area contributed by atoms with E-state index in [4.69, 9.17) is 0 Å². The van der Waals surface area contributed by atoms with E-state index in [-0.39, 0.29) is 11.4 Å². The van der Waals surface area contributed by atoms with Gasteiger partial charge in [0.1, 0.15) is 0 Å². The summed E-state index contributed by atoms with van der Waals surface area (Å²) >= 11 is 1.56. The third-order valence-corrected chi connectivity index (χ3v) is 7.78. The Morgan fingerprint density at radius 3 is 2.81 bits per heavy atom. The van der Waals surface area contributed by atoms with Crippen LogP contribution < -0.4 is 5.32 Å². The highest BCUT2D eigenvalue weighted by atomic mass is 32.1. The van der Waals surface area contributed by atoms with Crippen LogP contribution in [-0.4, -0.2) is 50.5 Å². The lowest BCUT2D eigenvalue weighted by atomic mass is 9.77. The maximum Gasteiger partial charge on any atom is 0.261 e. The molecule has 27 heavy (non-hydrogen) atoms. The molecule has 7 rings (SSSR count). The number of aromatic nitrogens is 3. The van der Waals surface area contributed by atoms with Crippen molar-refractivity contribution in [3.8, 4) is 5.69 Å². The summed E-state index contributed by atoms with van der Waals surface area (Å²) < 4.78 is 2.84. The number of rotatable bonds is 3. The topological polar surface area (TPSA) is 63.1 Å². The van der Waals surface area contributed by atoms with Gasteiger partial charge in [-0.15, -0.1) is 16.4 Å². The molecule has 1 aromatic carbocycles. The fourth-order valence-corrected chi connectivity index (χ4v) is 6.15. The molecule has 138 valence electrons. The van der Waals surface area contributed by atoms with E-state index < -0.39 is 0 Å². The third kappa shape index (κ3) is 2.38. The maximum atomic E-state index is 13.0. The molecule has 2 aromatic heterocycles. The van der Waals surface area contributed by atoms with E-state index in [2.05, 4.69) is 32.7 Å². The quantitative estimate of drug-likeness (QED) is 0.760. The number of benzene rings is 1. The standard InChI is InChI=1S/C20H21N5OS/c26-19(22-18-13-3-8-24(9-4-13)20(18)5-6-20)17-11-14-1-2-15(12-16(14)27-17)25-10-7-21-23-25/h1-2,7,10-13,18H,3-6,8-9H2,(H,22,26)/t18-/m1/s1. The molecule has 1 saturated carbocycles. The van der Waals surface area contributed by atoms with Gasteiger partial charge in [0, 0.05) is 10.2 Å². The molecule has 2 bridgehead atoms. The van der Waals surface area contributed by atoms with E-state index in [1.807, 2.05) is 18.3 Å². The summed E-state index contributed by atoms with van der Waals surface area (Å²) in [6, 6.07) is 8.47. The Morgan fingerprint density at radius 2 is 2.07 bits per heavy atom. The van der Waals surface area contributed by atoms with Gasteiger partial charge in [0.25, 0.3) is 5.91 Å². The molecule has 0 unspecified atom stereocenters. The largest absolute Gasteiger partial charge is 0.346 e. The van der Waals surface area contributed by atoms with Crippen LogP contribution in [0, 0.1) is 5.92 Å². The number of amides is 1. The van der Waals surface area contributed by atoms with Crippen LogP contribution in [0.25, 0.3) is 15.8 Å². The molecule has 7 heteroatoms. The predicted molar refractivity (Wildman–Crippen MR) is 104 cm³/mol. The highest BCUT2D eigenvalue weighted by Gasteiger charge is 2.60. The van der Waals surface area contributed by atoms with Crippen LogP contribution in [0.15, 0.2) is 36.7 Å². The number of fused-ring (bicyclic) bond motifs is 3. The zero-order valence-corrected chi connectivity index (χ0v) is 15.8. The molecular formula is C20H21N5OS. The average Bonchev–Trinajstić information content (AvgIpc) is 3.11. The molecule has 3 aromatic rings. The Hall–Kier alpha value is -2.25. The van der Waals surface area contributed by atoms with E-state index in [1.165, 1.54) is 38.8 Å². The van der Waals surface area contributed by atoms with Gasteiger partial charge < -0.3 is 5.32 Å². The highest BCUT2D eigenvalue weighted by molar-refractivity contribution is 7.20. The second kappa shape index (κ2) is 5.62. The molecule has 1 amide bonds. The normalized spacial score (nSPS) is 27.9. The molecule has 5 heterocycles. The number of carbonyl (C=O) groups excluding carboxylic acids is 1. The Labute approximate surface area is 161 Å². The van der Waals surface area contributed by atoms with Gasteiger partial charge in [0.2, 0.25) is 0 Å². The van der Waals surface area contributed by atoms with Crippen LogP contribution in [0.5, 0.6) is 0 Å². The zero-order chi connectivity index (χ0) is 18.0. The fourth-order valence-electron chi connectivity index (χ4n) is 5.15. The molecule has 3 saturated heterocycles. The van der Waals surface area contributed by atoms with Crippen molar-refractivity contribution in [3.05, 3.63) is 41.5 Å². The van der Waals surface area contributed by atoms with Crippen molar-refractivity contribution in [2.45, 2.75) is 37.3 Å². The summed E-state index contributed by atoms with van der Waals surface area (Å²) in [4.78, 5) is 16.5. The first-order valence-electron chi connectivity index (χ1n) is 9.69. The summed E-state index contributed by atoms with van der Waals surface area (Å²) in [7, 11) is 0. The van der Waals surface area contributed by atoms with Gasteiger partial charge in [-0.1, -0.05) is 11.3 Å². The average molecular weight is 379 g/mol. The minimum absolute atomic E-state index is 0.0866. The predicted octanol–water partition coefficient (Wildman–Crippen LogP) is 2.84. The van der Waals surface area contributed by atoms with E-state index >= 15 is 0 Å². The van der Waals surface area contributed by atoms with E-state index in [1.54, 1.807) is 22.2 Å². The first kappa shape index (κ1) is 15.8. The van der Waals surface area contributed by atoms with E-state index in [0.717, 1.165) is 20.7 Å². The smallest absolute Gasteiger partial charge is 0.261 e. The van der Waals surface area contributed by atoms with Crippen molar-refractivity contribution in [3.63, 3.8) is 0 Å². The fraction of sp³-hybridized carbons (Fsp3) is 0.450. The number of hydrogen-bond acceptors (Lipinski definition) is 5.